The van der Waals surface area contributed by atoms with Crippen molar-refractivity contribution in [2.24, 2.45) is 0 Å². The van der Waals surface area contributed by atoms with Gasteiger partial charge in [-0.3, -0.25) is 4.79 Å². The van der Waals surface area contributed by atoms with Crippen molar-refractivity contribution in [3.05, 3.63) is 63.6 Å². The topological polar surface area (TPSA) is 38.8 Å². The molecular formula is C24H24BrNO3. The number of Topliss-reactive ketones (excluding diaryl/α,β-unsaturated/α-hetero) is 1. The van der Waals surface area contributed by atoms with Gasteiger partial charge in [0.05, 0.1) is 17.6 Å². The van der Waals surface area contributed by atoms with Gasteiger partial charge in [0.15, 0.2) is 11.9 Å². The van der Waals surface area contributed by atoms with Gasteiger partial charge >= 0.3 is 0 Å². The Morgan fingerprint density at radius 1 is 1.21 bits per heavy atom. The lowest BCUT2D eigenvalue weighted by Gasteiger charge is -2.64. The lowest BCUT2D eigenvalue weighted by molar-refractivity contribution is -0.215. The van der Waals surface area contributed by atoms with E-state index in [1.807, 2.05) is 6.07 Å². The first-order valence-corrected chi connectivity index (χ1v) is 11.2. The number of ether oxygens (including phenoxy) is 2. The average molecular weight is 454 g/mol. The molecule has 2 aromatic rings. The van der Waals surface area contributed by atoms with Crippen LogP contribution in [0.1, 0.15) is 36.0 Å². The summed E-state index contributed by atoms with van der Waals surface area (Å²) in [4.78, 5) is 15.5. The molecule has 0 N–H and O–H groups in total. The molecule has 1 spiro atoms. The molecule has 0 amide bonds. The second-order valence-corrected chi connectivity index (χ2v) is 9.90. The van der Waals surface area contributed by atoms with E-state index in [-0.39, 0.29) is 17.2 Å². The van der Waals surface area contributed by atoms with Gasteiger partial charge in [0.1, 0.15) is 5.75 Å². The largest absolute Gasteiger partial charge is 0.481 e. The summed E-state index contributed by atoms with van der Waals surface area (Å²) in [6, 6.07) is 14.9. The van der Waals surface area contributed by atoms with Crippen molar-refractivity contribution in [1.29, 1.82) is 0 Å². The molecule has 0 aromatic heterocycles. The maximum Gasteiger partial charge on any atom is 0.174 e. The fraction of sp³-hybridized carbons (Fsp3) is 0.458. The first kappa shape index (κ1) is 18.1. The number of carbonyl (C=O) groups is 1. The summed E-state index contributed by atoms with van der Waals surface area (Å²) in [5, 5.41) is 0. The normalized spacial score (nSPS) is 34.6. The third kappa shape index (κ3) is 2.24. The summed E-state index contributed by atoms with van der Waals surface area (Å²) in [6.07, 6.45) is 2.74. The molecule has 2 aliphatic carbocycles. The van der Waals surface area contributed by atoms with Crippen molar-refractivity contribution < 1.29 is 14.3 Å². The fourth-order valence-electron chi connectivity index (χ4n) is 6.56. The van der Waals surface area contributed by atoms with Crippen molar-refractivity contribution in [3.63, 3.8) is 0 Å². The van der Waals surface area contributed by atoms with Gasteiger partial charge in [-0.1, -0.05) is 40.2 Å². The number of likely N-dealkylation sites (N-methyl/N-ethyl adjacent to an activating group) is 1. The van der Waals surface area contributed by atoms with Gasteiger partial charge < -0.3 is 14.4 Å². The third-order valence-corrected chi connectivity index (χ3v) is 8.32. The van der Waals surface area contributed by atoms with E-state index >= 15 is 0 Å². The lowest BCUT2D eigenvalue weighted by atomic mass is 9.49. The zero-order valence-corrected chi connectivity index (χ0v) is 18.1. The van der Waals surface area contributed by atoms with Crippen molar-refractivity contribution in [2.75, 3.05) is 13.6 Å². The van der Waals surface area contributed by atoms with Crippen LogP contribution in [0.3, 0.4) is 0 Å². The smallest absolute Gasteiger partial charge is 0.174 e. The summed E-state index contributed by atoms with van der Waals surface area (Å²) in [7, 11) is 2.21. The van der Waals surface area contributed by atoms with Crippen LogP contribution in [0.5, 0.6) is 5.75 Å². The van der Waals surface area contributed by atoms with Gasteiger partial charge in [-0.2, -0.15) is 0 Å². The fourth-order valence-corrected chi connectivity index (χ4v) is 6.83. The van der Waals surface area contributed by atoms with Gasteiger partial charge in [0.2, 0.25) is 0 Å². The summed E-state index contributed by atoms with van der Waals surface area (Å²) < 4.78 is 14.4. The van der Waals surface area contributed by atoms with Crippen LogP contribution < -0.4 is 4.74 Å². The van der Waals surface area contributed by atoms with Crippen LogP contribution >= 0.6 is 15.9 Å². The predicted molar refractivity (Wildman–Crippen MR) is 113 cm³/mol. The van der Waals surface area contributed by atoms with Crippen molar-refractivity contribution in [3.8, 4) is 5.75 Å². The second-order valence-electron chi connectivity index (χ2n) is 8.98. The molecule has 4 aliphatic rings. The van der Waals surface area contributed by atoms with Crippen LogP contribution in [0.25, 0.3) is 0 Å². The van der Waals surface area contributed by atoms with E-state index in [0.717, 1.165) is 41.6 Å². The summed E-state index contributed by atoms with van der Waals surface area (Å²) in [5.41, 5.74) is 2.99. The zero-order chi connectivity index (χ0) is 19.8. The van der Waals surface area contributed by atoms with E-state index in [1.54, 1.807) is 0 Å². The Kier molecular flexibility index (Phi) is 3.85. The van der Waals surface area contributed by atoms with E-state index < -0.39 is 11.7 Å². The third-order valence-electron chi connectivity index (χ3n) is 7.79. The average Bonchev–Trinajstić information content (AvgIpc) is 3.08. The number of rotatable bonds is 3. The first-order chi connectivity index (χ1) is 14.0. The minimum Gasteiger partial charge on any atom is -0.481 e. The Balaban J connectivity index is 1.51. The monoisotopic (exact) mass is 453 g/mol. The van der Waals surface area contributed by atoms with Crippen LogP contribution in [0.2, 0.25) is 0 Å². The van der Waals surface area contributed by atoms with Gasteiger partial charge in [0, 0.05) is 22.5 Å². The van der Waals surface area contributed by atoms with Crippen molar-refractivity contribution in [2.45, 2.75) is 55.5 Å². The highest BCUT2D eigenvalue weighted by molar-refractivity contribution is 9.10. The molecule has 29 heavy (non-hydrogen) atoms. The Bertz CT molecular complexity index is 1010. The number of hydrogen-bond donors (Lipinski definition) is 0. The molecule has 6 rings (SSSR count). The van der Waals surface area contributed by atoms with Crippen LogP contribution in [-0.2, 0) is 28.0 Å². The van der Waals surface area contributed by atoms with E-state index in [4.69, 9.17) is 9.47 Å². The lowest BCUT2D eigenvalue weighted by Crippen LogP contribution is -2.76. The number of ketones is 1. The number of halogens is 1. The SMILES string of the molecule is CN1CC[C@]23c4c5cccc4O[C@H]2C(=O)CCC3(OCc2ccc(Br)cc2)[C@H]1C5. The van der Waals surface area contributed by atoms with E-state index in [2.05, 4.69) is 64.3 Å². The quantitative estimate of drug-likeness (QED) is 0.703. The maximum atomic E-state index is 13.1. The molecule has 2 aromatic carbocycles. The van der Waals surface area contributed by atoms with E-state index in [0.29, 0.717) is 13.0 Å². The Morgan fingerprint density at radius 2 is 2.03 bits per heavy atom. The highest BCUT2D eigenvalue weighted by Crippen LogP contribution is 2.64. The molecular weight excluding hydrogens is 430 g/mol. The number of carbonyl (C=O) groups excluding carboxylic acids is 1. The number of benzene rings is 2. The first-order valence-electron chi connectivity index (χ1n) is 10.5. The van der Waals surface area contributed by atoms with E-state index in [1.165, 1.54) is 11.1 Å². The van der Waals surface area contributed by atoms with E-state index in [9.17, 15) is 4.79 Å². The number of likely N-dealkylation sites (tertiary alicyclic amines) is 1. The molecule has 0 radical (unpaired) electrons. The molecule has 4 atom stereocenters. The van der Waals surface area contributed by atoms with Crippen LogP contribution in [0, 0.1) is 0 Å². The Morgan fingerprint density at radius 3 is 2.86 bits per heavy atom. The Labute approximate surface area is 179 Å². The van der Waals surface area contributed by atoms with Crippen LogP contribution in [0.15, 0.2) is 46.9 Å². The summed E-state index contributed by atoms with van der Waals surface area (Å²) >= 11 is 3.51. The number of hydrogen-bond acceptors (Lipinski definition) is 4. The zero-order valence-electron chi connectivity index (χ0n) is 16.5. The molecule has 2 bridgehead atoms. The highest BCUT2D eigenvalue weighted by atomic mass is 79.9. The molecule has 1 saturated carbocycles. The van der Waals surface area contributed by atoms with Crippen LogP contribution in [0.4, 0.5) is 0 Å². The Hall–Kier alpha value is -1.69. The standard InChI is InChI=1S/C24H24BrNO3/c1-26-12-11-23-21-16-3-2-4-19(21)29-22(23)18(27)9-10-24(23,20(26)13-16)28-14-15-5-7-17(25)8-6-15/h2-8,20,22H,9-14H2,1H3/t20-,22+,23+,24?/m1/s1. The van der Waals surface area contributed by atoms with Gasteiger partial charge in [0.25, 0.3) is 0 Å². The molecule has 150 valence electrons. The minimum absolute atomic E-state index is 0.236. The van der Waals surface area contributed by atoms with Gasteiger partial charge in [-0.25, -0.2) is 0 Å². The molecule has 5 heteroatoms. The molecule has 1 saturated heterocycles. The molecule has 1 unspecified atom stereocenters. The van der Waals surface area contributed by atoms with Crippen molar-refractivity contribution in [1.82, 2.24) is 4.90 Å². The molecule has 2 fully saturated rings. The summed E-state index contributed by atoms with van der Waals surface area (Å²) in [5.74, 6) is 1.14. The molecule has 2 aliphatic heterocycles. The molecule has 2 heterocycles. The second kappa shape index (κ2) is 6.16. The van der Waals surface area contributed by atoms with Gasteiger partial charge in [-0.05, 0) is 62.2 Å². The van der Waals surface area contributed by atoms with Crippen molar-refractivity contribution >= 4 is 21.7 Å². The summed E-state index contributed by atoms with van der Waals surface area (Å²) in [6.45, 7) is 1.52. The van der Waals surface area contributed by atoms with Gasteiger partial charge in [-0.15, -0.1) is 0 Å². The number of piperidine rings is 1. The minimum atomic E-state index is -0.409. The van der Waals surface area contributed by atoms with Crippen LogP contribution in [-0.4, -0.2) is 42.0 Å². The highest BCUT2D eigenvalue weighted by Gasteiger charge is 2.73. The maximum absolute atomic E-state index is 13.1. The molecule has 4 nitrogen and oxygen atoms in total. The number of nitrogens with zero attached hydrogens (tertiary/aromatic N) is 1. The predicted octanol–water partition coefficient (Wildman–Crippen LogP) is 4.03.